The molecule has 28 heavy (non-hydrogen) atoms. The van der Waals surface area contributed by atoms with Crippen molar-refractivity contribution in [2.24, 2.45) is 5.92 Å². The molecule has 0 bridgehead atoms. The highest BCUT2D eigenvalue weighted by Gasteiger charge is 2.28. The predicted octanol–water partition coefficient (Wildman–Crippen LogP) is 1.62. The van der Waals surface area contributed by atoms with E-state index in [1.54, 1.807) is 0 Å². The Morgan fingerprint density at radius 1 is 0.893 bits per heavy atom. The maximum absolute atomic E-state index is 11.9. The maximum atomic E-state index is 11.9. The minimum atomic E-state index is 0.0911. The molecule has 0 spiro atoms. The molecule has 0 unspecified atom stereocenters. The van der Waals surface area contributed by atoms with Gasteiger partial charge < -0.3 is 15.5 Å². The van der Waals surface area contributed by atoms with Crippen molar-refractivity contribution in [2.75, 3.05) is 45.8 Å². The van der Waals surface area contributed by atoms with Crippen LogP contribution in [0.25, 0.3) is 0 Å². The van der Waals surface area contributed by atoms with Crippen LogP contribution in [0, 0.1) is 5.92 Å². The molecule has 154 valence electrons. The van der Waals surface area contributed by atoms with Gasteiger partial charge in [-0.3, -0.25) is 14.5 Å². The molecule has 1 aromatic rings. The number of hydrogen-bond acceptors (Lipinski definition) is 4. The molecular formula is C22H34N4O2. The Hall–Kier alpha value is -1.92. The van der Waals surface area contributed by atoms with E-state index in [0.29, 0.717) is 19.4 Å². The van der Waals surface area contributed by atoms with Gasteiger partial charge in [0.25, 0.3) is 0 Å². The lowest BCUT2D eigenvalue weighted by Gasteiger charge is -2.34. The Morgan fingerprint density at radius 2 is 1.57 bits per heavy atom. The molecule has 0 radical (unpaired) electrons. The number of carbonyl (C=O) groups excluding carboxylic acids is 2. The third kappa shape index (κ3) is 7.60. The van der Waals surface area contributed by atoms with E-state index in [0.717, 1.165) is 65.1 Å². The van der Waals surface area contributed by atoms with Gasteiger partial charge in [0.1, 0.15) is 0 Å². The molecule has 2 aliphatic rings. The van der Waals surface area contributed by atoms with Gasteiger partial charge in [0, 0.05) is 58.2 Å². The van der Waals surface area contributed by atoms with Crippen LogP contribution in [0.4, 0.5) is 0 Å². The third-order valence-corrected chi connectivity index (χ3v) is 5.52. The Bertz CT molecular complexity index is 610. The van der Waals surface area contributed by atoms with Crippen molar-refractivity contribution in [2.45, 2.75) is 38.6 Å². The highest BCUT2D eigenvalue weighted by atomic mass is 16.2. The zero-order valence-corrected chi connectivity index (χ0v) is 16.9. The average Bonchev–Trinajstić information content (AvgIpc) is 3.56. The number of rotatable bonds is 11. The molecule has 1 heterocycles. The first-order valence-corrected chi connectivity index (χ1v) is 10.7. The molecule has 6 nitrogen and oxygen atoms in total. The van der Waals surface area contributed by atoms with Gasteiger partial charge >= 0.3 is 0 Å². The highest BCUT2D eigenvalue weighted by Crippen LogP contribution is 2.28. The van der Waals surface area contributed by atoms with Crippen molar-refractivity contribution in [3.05, 3.63) is 35.9 Å². The van der Waals surface area contributed by atoms with Crippen LogP contribution in [-0.2, 0) is 16.1 Å². The number of nitrogens with one attached hydrogen (secondary N) is 2. The zero-order valence-electron chi connectivity index (χ0n) is 16.9. The molecule has 1 aliphatic heterocycles. The van der Waals surface area contributed by atoms with Gasteiger partial charge in [-0.1, -0.05) is 30.3 Å². The number of benzene rings is 1. The fourth-order valence-electron chi connectivity index (χ4n) is 3.58. The van der Waals surface area contributed by atoms with Crippen LogP contribution in [0.15, 0.2) is 30.3 Å². The Kier molecular flexibility index (Phi) is 8.30. The van der Waals surface area contributed by atoms with Crippen LogP contribution in [0.5, 0.6) is 0 Å². The molecule has 0 aromatic heterocycles. The number of nitrogens with zero attached hydrogens (tertiary/aromatic N) is 2. The van der Waals surface area contributed by atoms with Crippen LogP contribution >= 0.6 is 0 Å². The van der Waals surface area contributed by atoms with E-state index in [2.05, 4.69) is 50.8 Å². The average molecular weight is 387 g/mol. The van der Waals surface area contributed by atoms with Gasteiger partial charge in [0.2, 0.25) is 11.8 Å². The second-order valence-corrected chi connectivity index (χ2v) is 7.98. The first kappa shape index (κ1) is 20.8. The number of hydrogen-bond donors (Lipinski definition) is 2. The zero-order chi connectivity index (χ0) is 19.6. The van der Waals surface area contributed by atoms with Crippen LogP contribution in [0.3, 0.4) is 0 Å². The summed E-state index contributed by atoms with van der Waals surface area (Å²) in [6.45, 7) is 7.82. The van der Waals surface area contributed by atoms with Crippen molar-refractivity contribution in [3.63, 3.8) is 0 Å². The third-order valence-electron chi connectivity index (χ3n) is 5.52. The largest absolute Gasteiger partial charge is 0.356 e. The lowest BCUT2D eigenvalue weighted by molar-refractivity contribution is -0.123. The minimum absolute atomic E-state index is 0.0911. The number of carbonyl (C=O) groups is 2. The summed E-state index contributed by atoms with van der Waals surface area (Å²) in [6.07, 6.45) is 4.24. The number of amides is 2. The number of piperazine rings is 1. The maximum Gasteiger partial charge on any atom is 0.223 e. The van der Waals surface area contributed by atoms with Crippen LogP contribution in [0.1, 0.15) is 37.7 Å². The second-order valence-electron chi connectivity index (χ2n) is 7.98. The minimum Gasteiger partial charge on any atom is -0.356 e. The van der Waals surface area contributed by atoms with Gasteiger partial charge in [-0.05, 0) is 37.8 Å². The van der Waals surface area contributed by atoms with Gasteiger partial charge in [-0.2, -0.15) is 0 Å². The molecule has 1 aliphatic carbocycles. The van der Waals surface area contributed by atoms with Crippen molar-refractivity contribution >= 4 is 11.8 Å². The van der Waals surface area contributed by atoms with E-state index in [1.807, 2.05) is 0 Å². The highest BCUT2D eigenvalue weighted by molar-refractivity contribution is 5.81. The lowest BCUT2D eigenvalue weighted by Crippen LogP contribution is -2.46. The van der Waals surface area contributed by atoms with Crippen molar-refractivity contribution in [3.8, 4) is 0 Å². The second kappa shape index (κ2) is 11.2. The Balaban J connectivity index is 1.16. The summed E-state index contributed by atoms with van der Waals surface area (Å²) in [5.74, 6) is 0.492. The molecule has 2 fully saturated rings. The van der Waals surface area contributed by atoms with E-state index in [4.69, 9.17) is 0 Å². The molecular weight excluding hydrogens is 352 g/mol. The Labute approximate surface area is 168 Å². The molecule has 2 amide bonds. The molecule has 0 atom stereocenters. The predicted molar refractivity (Wildman–Crippen MR) is 111 cm³/mol. The summed E-state index contributed by atoms with van der Waals surface area (Å²) in [5.41, 5.74) is 1.38. The molecule has 1 aromatic carbocycles. The van der Waals surface area contributed by atoms with E-state index in [9.17, 15) is 9.59 Å². The monoisotopic (exact) mass is 386 g/mol. The molecule has 1 saturated carbocycles. The van der Waals surface area contributed by atoms with Crippen molar-refractivity contribution < 1.29 is 9.59 Å². The smallest absolute Gasteiger partial charge is 0.223 e. The summed E-state index contributed by atoms with van der Waals surface area (Å²) < 4.78 is 0. The fraction of sp³-hybridized carbons (Fsp3) is 0.636. The quantitative estimate of drug-likeness (QED) is 0.567. The molecule has 6 heteroatoms. The van der Waals surface area contributed by atoms with Gasteiger partial charge in [0.15, 0.2) is 0 Å². The fourth-order valence-corrected chi connectivity index (χ4v) is 3.58. The summed E-state index contributed by atoms with van der Waals surface area (Å²) >= 11 is 0. The van der Waals surface area contributed by atoms with E-state index < -0.39 is 0 Å². The molecule has 1 saturated heterocycles. The van der Waals surface area contributed by atoms with Crippen molar-refractivity contribution in [1.29, 1.82) is 0 Å². The summed E-state index contributed by atoms with van der Waals surface area (Å²) in [4.78, 5) is 28.4. The van der Waals surface area contributed by atoms with Gasteiger partial charge in [-0.25, -0.2) is 0 Å². The van der Waals surface area contributed by atoms with Crippen LogP contribution in [0.2, 0.25) is 0 Å². The normalized spacial score (nSPS) is 18.0. The van der Waals surface area contributed by atoms with Crippen molar-refractivity contribution in [1.82, 2.24) is 20.4 Å². The topological polar surface area (TPSA) is 64.7 Å². The van der Waals surface area contributed by atoms with E-state index >= 15 is 0 Å². The van der Waals surface area contributed by atoms with E-state index in [1.165, 1.54) is 5.56 Å². The van der Waals surface area contributed by atoms with Crippen LogP contribution < -0.4 is 10.6 Å². The SMILES string of the molecule is O=C(CCCNC(=O)C1CC1)NCCCN1CCN(Cc2ccccc2)CC1. The standard InChI is InChI=1S/C22H34N4O2/c27-21(8-4-11-24-22(28)20-9-10-20)23-12-5-13-25-14-16-26(17-15-25)18-19-6-2-1-3-7-19/h1-3,6-7,20H,4-5,8-18H2,(H,23,27)(H,24,28). The Morgan fingerprint density at radius 3 is 2.29 bits per heavy atom. The summed E-state index contributed by atoms with van der Waals surface area (Å²) in [5, 5.41) is 5.90. The lowest BCUT2D eigenvalue weighted by atomic mass is 10.2. The summed E-state index contributed by atoms with van der Waals surface area (Å²) in [7, 11) is 0. The first-order chi connectivity index (χ1) is 13.7. The molecule has 3 rings (SSSR count). The van der Waals surface area contributed by atoms with Crippen LogP contribution in [-0.4, -0.2) is 67.4 Å². The molecule has 2 N–H and O–H groups in total. The first-order valence-electron chi connectivity index (χ1n) is 10.7. The summed E-state index contributed by atoms with van der Waals surface area (Å²) in [6, 6.07) is 10.6. The van der Waals surface area contributed by atoms with E-state index in [-0.39, 0.29) is 17.7 Å². The van der Waals surface area contributed by atoms with Gasteiger partial charge in [0.05, 0.1) is 0 Å². The van der Waals surface area contributed by atoms with Gasteiger partial charge in [-0.15, -0.1) is 0 Å².